The first kappa shape index (κ1) is 34.1. The van der Waals surface area contributed by atoms with E-state index in [4.69, 9.17) is 48.3 Å². The van der Waals surface area contributed by atoms with Gasteiger partial charge in [-0.3, -0.25) is 4.79 Å². The molecule has 1 aliphatic rings. The summed E-state index contributed by atoms with van der Waals surface area (Å²) < 4.78 is 12.3. The smallest absolute Gasteiger partial charge is 0.252 e. The summed E-state index contributed by atoms with van der Waals surface area (Å²) in [5.74, 6) is 0.328. The molecule has 2 N–H and O–H groups in total. The molecule has 0 bridgehead atoms. The number of ether oxygens (including phenoxy) is 2. The van der Waals surface area contributed by atoms with Crippen LogP contribution in [-0.4, -0.2) is 35.7 Å². The summed E-state index contributed by atoms with van der Waals surface area (Å²) in [7, 11) is 0. The SMILES string of the molecule is [N-]=[N+]=NCc1ccccc1[C@H]1OC(c2ccc(OCCCO)cc2)=N[C@@]1(Cc1ccccc1N=[N+]=[N-])C(=O)NCc1ccc(Cl)c(Cl)c1. The number of aliphatic hydroxyl groups excluding tert-OH is 1. The van der Waals surface area contributed by atoms with Gasteiger partial charge in [0.2, 0.25) is 5.90 Å². The first-order valence-electron chi connectivity index (χ1n) is 14.9. The monoisotopic (exact) mass is 684 g/mol. The molecule has 5 rings (SSSR count). The van der Waals surface area contributed by atoms with Crippen LogP contribution in [-0.2, 0) is 29.0 Å². The first-order chi connectivity index (χ1) is 23.4. The molecule has 1 heterocycles. The summed E-state index contributed by atoms with van der Waals surface area (Å²) in [6.45, 7) is 0.485. The highest BCUT2D eigenvalue weighted by atomic mass is 35.5. The van der Waals surface area contributed by atoms with Crippen LogP contribution in [0.15, 0.2) is 106 Å². The first-order valence-corrected chi connectivity index (χ1v) is 15.7. The topological polar surface area (TPSA) is 178 Å². The van der Waals surface area contributed by atoms with Gasteiger partial charge in [0.15, 0.2) is 11.6 Å². The van der Waals surface area contributed by atoms with Gasteiger partial charge in [-0.25, -0.2) is 4.99 Å². The Morgan fingerprint density at radius 3 is 2.46 bits per heavy atom. The van der Waals surface area contributed by atoms with Crippen LogP contribution in [0.2, 0.25) is 10.0 Å². The van der Waals surface area contributed by atoms with Crippen LogP contribution in [0.4, 0.5) is 5.69 Å². The zero-order valence-corrected chi connectivity index (χ0v) is 27.1. The number of carbonyl (C=O) groups is 1. The van der Waals surface area contributed by atoms with E-state index in [0.29, 0.717) is 62.3 Å². The maximum atomic E-state index is 14.7. The van der Waals surface area contributed by atoms with Crippen molar-refractivity contribution in [2.24, 2.45) is 15.2 Å². The zero-order valence-electron chi connectivity index (χ0n) is 25.5. The van der Waals surface area contributed by atoms with Gasteiger partial charge >= 0.3 is 0 Å². The van der Waals surface area contributed by atoms with Crippen LogP contribution in [0.1, 0.15) is 40.3 Å². The van der Waals surface area contributed by atoms with Gasteiger partial charge in [-0.2, -0.15) is 0 Å². The number of amides is 1. The molecular formula is C34H30Cl2N8O4. The normalized spacial score (nSPS) is 16.6. The third kappa shape index (κ3) is 7.83. The van der Waals surface area contributed by atoms with Crippen molar-refractivity contribution >= 4 is 40.7 Å². The average molecular weight is 686 g/mol. The highest BCUT2D eigenvalue weighted by molar-refractivity contribution is 6.42. The van der Waals surface area contributed by atoms with Gasteiger partial charge in [0, 0.05) is 47.1 Å². The lowest BCUT2D eigenvalue weighted by Crippen LogP contribution is -2.50. The maximum Gasteiger partial charge on any atom is 0.252 e. The number of carbonyl (C=O) groups excluding carboxylic acids is 1. The second-order valence-corrected chi connectivity index (χ2v) is 11.6. The lowest BCUT2D eigenvalue weighted by atomic mass is 9.80. The quantitative estimate of drug-likeness (QED) is 0.0587. The molecule has 1 amide bonds. The molecule has 0 saturated carbocycles. The number of rotatable bonds is 14. The summed E-state index contributed by atoms with van der Waals surface area (Å²) in [5, 5.41) is 20.5. The van der Waals surface area contributed by atoms with Gasteiger partial charge in [-0.05, 0) is 69.7 Å². The van der Waals surface area contributed by atoms with Crippen molar-refractivity contribution in [1.82, 2.24) is 5.32 Å². The van der Waals surface area contributed by atoms with Crippen molar-refractivity contribution in [1.29, 1.82) is 0 Å². The van der Waals surface area contributed by atoms with Gasteiger partial charge in [-0.15, -0.1) is 0 Å². The molecule has 14 heteroatoms. The van der Waals surface area contributed by atoms with Crippen LogP contribution in [0.3, 0.4) is 0 Å². The van der Waals surface area contributed by atoms with Crippen LogP contribution >= 0.6 is 23.2 Å². The minimum Gasteiger partial charge on any atom is -0.494 e. The fourth-order valence-corrected chi connectivity index (χ4v) is 5.70. The van der Waals surface area contributed by atoms with Crippen molar-refractivity contribution in [3.63, 3.8) is 0 Å². The van der Waals surface area contributed by atoms with Gasteiger partial charge in [0.05, 0.1) is 23.2 Å². The lowest BCUT2D eigenvalue weighted by molar-refractivity contribution is -0.129. The molecule has 4 aromatic rings. The number of nitrogens with zero attached hydrogens (tertiary/aromatic N) is 7. The van der Waals surface area contributed by atoms with Crippen LogP contribution in [0.5, 0.6) is 5.75 Å². The van der Waals surface area contributed by atoms with E-state index in [-0.39, 0.29) is 32.0 Å². The van der Waals surface area contributed by atoms with E-state index in [1.54, 1.807) is 84.9 Å². The largest absolute Gasteiger partial charge is 0.494 e. The fourth-order valence-electron chi connectivity index (χ4n) is 5.38. The second-order valence-electron chi connectivity index (χ2n) is 10.8. The van der Waals surface area contributed by atoms with E-state index in [1.165, 1.54) is 0 Å². The van der Waals surface area contributed by atoms with Crippen molar-refractivity contribution in [3.05, 3.63) is 150 Å². The molecule has 0 radical (unpaired) electrons. The van der Waals surface area contributed by atoms with Crippen molar-refractivity contribution in [2.75, 3.05) is 13.2 Å². The minimum atomic E-state index is -1.63. The van der Waals surface area contributed by atoms with Gasteiger partial charge in [-0.1, -0.05) is 88.0 Å². The van der Waals surface area contributed by atoms with E-state index in [2.05, 4.69) is 25.4 Å². The van der Waals surface area contributed by atoms with Crippen molar-refractivity contribution in [2.45, 2.75) is 37.6 Å². The Hall–Kier alpha value is -5.22. The Labute approximate surface area is 286 Å². The molecule has 0 fully saturated rings. The third-order valence-electron chi connectivity index (χ3n) is 7.71. The molecule has 0 saturated heterocycles. The third-order valence-corrected chi connectivity index (χ3v) is 8.45. The number of azide groups is 2. The summed E-state index contributed by atoms with van der Waals surface area (Å²) in [6, 6.07) is 26.3. The van der Waals surface area contributed by atoms with Crippen LogP contribution in [0.25, 0.3) is 20.9 Å². The summed E-state index contributed by atoms with van der Waals surface area (Å²) >= 11 is 12.4. The molecule has 0 aliphatic carbocycles. The Morgan fingerprint density at radius 2 is 1.73 bits per heavy atom. The average Bonchev–Trinajstić information content (AvgIpc) is 3.49. The highest BCUT2D eigenvalue weighted by Crippen LogP contribution is 2.45. The van der Waals surface area contributed by atoms with Gasteiger partial charge in [0.25, 0.3) is 5.91 Å². The molecule has 0 aromatic heterocycles. The molecule has 4 aromatic carbocycles. The predicted octanol–water partition coefficient (Wildman–Crippen LogP) is 8.32. The molecule has 2 atom stereocenters. The fraction of sp³-hybridized carbons (Fsp3) is 0.235. The number of aliphatic hydroxyl groups is 1. The maximum absolute atomic E-state index is 14.7. The number of hydrogen-bond acceptors (Lipinski definition) is 7. The van der Waals surface area contributed by atoms with Crippen LogP contribution < -0.4 is 10.1 Å². The summed E-state index contributed by atoms with van der Waals surface area (Å²) in [6.07, 6.45) is -0.515. The van der Waals surface area contributed by atoms with E-state index in [9.17, 15) is 10.3 Å². The number of hydrogen-bond donors (Lipinski definition) is 2. The summed E-state index contributed by atoms with van der Waals surface area (Å²) in [5.41, 5.74) is 20.2. The van der Waals surface area contributed by atoms with Gasteiger partial charge < -0.3 is 19.9 Å². The number of aliphatic imine (C=N–C) groups is 1. The Bertz CT molecular complexity index is 1910. The molecular weight excluding hydrogens is 655 g/mol. The predicted molar refractivity (Wildman–Crippen MR) is 183 cm³/mol. The van der Waals surface area contributed by atoms with E-state index < -0.39 is 17.6 Å². The second kappa shape index (κ2) is 16.1. The van der Waals surface area contributed by atoms with Crippen LogP contribution in [0, 0.1) is 0 Å². The highest BCUT2D eigenvalue weighted by Gasteiger charge is 2.54. The van der Waals surface area contributed by atoms with Crippen molar-refractivity contribution in [3.8, 4) is 5.75 Å². The van der Waals surface area contributed by atoms with Gasteiger partial charge in [0.1, 0.15) is 5.75 Å². The molecule has 48 heavy (non-hydrogen) atoms. The Kier molecular flexibility index (Phi) is 11.4. The Morgan fingerprint density at radius 1 is 0.979 bits per heavy atom. The van der Waals surface area contributed by atoms with E-state index >= 15 is 0 Å². The number of halogens is 2. The molecule has 12 nitrogen and oxygen atoms in total. The zero-order chi connectivity index (χ0) is 33.9. The molecule has 1 aliphatic heterocycles. The number of benzene rings is 4. The number of nitrogens with one attached hydrogen (secondary N) is 1. The molecule has 0 unspecified atom stereocenters. The minimum absolute atomic E-state index is 0.0119. The Balaban J connectivity index is 1.64. The van der Waals surface area contributed by atoms with E-state index in [0.717, 1.165) is 0 Å². The standard InChI is InChI=1S/C34H30Cl2N8O4/c35-28-15-10-22(18-29(28)36)20-39-33(46)34(19-24-6-2-4-9-30(24)42-44-38)31(27-8-3-1-7-25(27)21-40-43-37)48-32(41-34)23-11-13-26(14-12-23)47-17-5-16-45/h1-4,6-15,18,31,45H,5,16-17,19-21H2,(H,39,46)/t31-,34-/m1/s1. The molecule has 0 spiro atoms. The van der Waals surface area contributed by atoms with Crippen molar-refractivity contribution < 1.29 is 19.4 Å². The molecule has 244 valence electrons. The summed E-state index contributed by atoms with van der Waals surface area (Å²) in [4.78, 5) is 25.6. The van der Waals surface area contributed by atoms with E-state index in [1.807, 2.05) is 6.07 Å². The lowest BCUT2D eigenvalue weighted by Gasteiger charge is -2.32.